The fraction of sp³-hybridized carbons (Fsp3) is 0.533. The third kappa shape index (κ3) is 2.15. The van der Waals surface area contributed by atoms with Crippen molar-refractivity contribution in [3.63, 3.8) is 0 Å². The van der Waals surface area contributed by atoms with Gasteiger partial charge in [0.25, 0.3) is 0 Å². The summed E-state index contributed by atoms with van der Waals surface area (Å²) in [6.07, 6.45) is 3.80. The van der Waals surface area contributed by atoms with Crippen LogP contribution >= 0.6 is 0 Å². The van der Waals surface area contributed by atoms with Crippen LogP contribution in [0.1, 0.15) is 24.8 Å². The molecule has 3 rings (SSSR count). The maximum atomic E-state index is 11.9. The standard InChI is InChI=1S/C15H21N3O/c16-14(19)15(17,12-4-2-1-3-5-12)10-18-9-11-6-7-13(18)8-11/h1-5,11,13H,6-10,17H2,(H2,16,19). The quantitative estimate of drug-likeness (QED) is 0.840. The minimum absolute atomic E-state index is 0.443. The van der Waals surface area contributed by atoms with Crippen LogP contribution in [0.3, 0.4) is 0 Å². The number of hydrogen-bond donors (Lipinski definition) is 2. The number of nitrogens with two attached hydrogens (primary N) is 2. The Hall–Kier alpha value is -1.39. The van der Waals surface area contributed by atoms with Gasteiger partial charge in [0, 0.05) is 19.1 Å². The molecule has 1 amide bonds. The summed E-state index contributed by atoms with van der Waals surface area (Å²) in [5, 5.41) is 0. The van der Waals surface area contributed by atoms with E-state index in [0.717, 1.165) is 18.0 Å². The highest BCUT2D eigenvalue weighted by molar-refractivity contribution is 5.86. The number of amides is 1. The van der Waals surface area contributed by atoms with Gasteiger partial charge in [-0.3, -0.25) is 9.69 Å². The van der Waals surface area contributed by atoms with E-state index in [4.69, 9.17) is 11.5 Å². The second kappa shape index (κ2) is 4.62. The van der Waals surface area contributed by atoms with Gasteiger partial charge in [-0.1, -0.05) is 30.3 Å². The molecule has 1 aliphatic carbocycles. The van der Waals surface area contributed by atoms with Crippen molar-refractivity contribution in [1.82, 2.24) is 4.90 Å². The van der Waals surface area contributed by atoms with Crippen LogP contribution in [0.4, 0.5) is 0 Å². The van der Waals surface area contributed by atoms with E-state index in [0.29, 0.717) is 12.6 Å². The van der Waals surface area contributed by atoms with Gasteiger partial charge in [0.2, 0.25) is 5.91 Å². The normalized spacial score (nSPS) is 29.3. The van der Waals surface area contributed by atoms with Crippen molar-refractivity contribution >= 4 is 5.91 Å². The number of rotatable bonds is 4. The van der Waals surface area contributed by atoms with Crippen LogP contribution in [-0.2, 0) is 10.3 Å². The van der Waals surface area contributed by atoms with Crippen molar-refractivity contribution in [2.24, 2.45) is 17.4 Å². The van der Waals surface area contributed by atoms with Gasteiger partial charge in [-0.25, -0.2) is 0 Å². The van der Waals surface area contributed by atoms with E-state index in [-0.39, 0.29) is 0 Å². The molecule has 3 atom stereocenters. The zero-order chi connectivity index (χ0) is 13.5. The lowest BCUT2D eigenvalue weighted by molar-refractivity contribution is -0.124. The molecule has 1 saturated heterocycles. The molecule has 102 valence electrons. The fourth-order valence-electron chi connectivity index (χ4n) is 3.59. The second-order valence-electron chi connectivity index (χ2n) is 5.96. The molecule has 0 radical (unpaired) electrons. The molecule has 2 fully saturated rings. The lowest BCUT2D eigenvalue weighted by Crippen LogP contribution is -2.57. The van der Waals surface area contributed by atoms with E-state index in [1.165, 1.54) is 19.3 Å². The minimum atomic E-state index is -1.08. The average molecular weight is 259 g/mol. The molecule has 1 aromatic rings. The Bertz CT molecular complexity index is 476. The molecule has 2 aliphatic rings. The number of carbonyl (C=O) groups is 1. The number of fused-ring (bicyclic) bond motifs is 2. The first-order chi connectivity index (χ1) is 9.09. The summed E-state index contributed by atoms with van der Waals surface area (Å²) in [5.74, 6) is 0.347. The zero-order valence-electron chi connectivity index (χ0n) is 11.1. The topological polar surface area (TPSA) is 72.3 Å². The van der Waals surface area contributed by atoms with Crippen LogP contribution < -0.4 is 11.5 Å². The monoisotopic (exact) mass is 259 g/mol. The number of carbonyl (C=O) groups excluding carboxylic acids is 1. The first-order valence-corrected chi connectivity index (χ1v) is 6.98. The van der Waals surface area contributed by atoms with Gasteiger partial charge in [-0.05, 0) is 30.7 Å². The van der Waals surface area contributed by atoms with Crippen LogP contribution in [0, 0.1) is 5.92 Å². The molecule has 19 heavy (non-hydrogen) atoms. The van der Waals surface area contributed by atoms with E-state index >= 15 is 0 Å². The molecule has 4 heteroatoms. The molecular formula is C15H21N3O. The molecule has 0 spiro atoms. The molecule has 1 aliphatic heterocycles. The lowest BCUT2D eigenvalue weighted by Gasteiger charge is -2.35. The minimum Gasteiger partial charge on any atom is -0.368 e. The van der Waals surface area contributed by atoms with Gasteiger partial charge in [-0.2, -0.15) is 0 Å². The first-order valence-electron chi connectivity index (χ1n) is 6.98. The second-order valence-corrected chi connectivity index (χ2v) is 5.96. The number of nitrogens with zero attached hydrogens (tertiary/aromatic N) is 1. The summed E-state index contributed by atoms with van der Waals surface area (Å²) in [6, 6.07) is 10.1. The van der Waals surface area contributed by atoms with Crippen molar-refractivity contribution in [3.05, 3.63) is 35.9 Å². The maximum absolute atomic E-state index is 11.9. The number of benzene rings is 1. The van der Waals surface area contributed by atoms with Gasteiger partial charge in [0.05, 0.1) is 0 Å². The molecule has 2 bridgehead atoms. The predicted octanol–water partition coefficient (Wildman–Crippen LogP) is 0.810. The molecule has 0 aromatic heterocycles. The van der Waals surface area contributed by atoms with Crippen molar-refractivity contribution in [1.29, 1.82) is 0 Å². The zero-order valence-corrected chi connectivity index (χ0v) is 11.1. The Balaban J connectivity index is 1.83. The summed E-state index contributed by atoms with van der Waals surface area (Å²) in [7, 11) is 0. The average Bonchev–Trinajstić information content (AvgIpc) is 3.01. The maximum Gasteiger partial charge on any atom is 0.243 e. The van der Waals surface area contributed by atoms with Crippen molar-refractivity contribution < 1.29 is 4.79 Å². The van der Waals surface area contributed by atoms with Crippen LogP contribution in [0.2, 0.25) is 0 Å². The summed E-state index contributed by atoms with van der Waals surface area (Å²) < 4.78 is 0. The van der Waals surface area contributed by atoms with Gasteiger partial charge in [-0.15, -0.1) is 0 Å². The van der Waals surface area contributed by atoms with Crippen LogP contribution in [0.25, 0.3) is 0 Å². The van der Waals surface area contributed by atoms with Crippen molar-refractivity contribution in [3.8, 4) is 0 Å². The first kappa shape index (κ1) is 12.6. The van der Waals surface area contributed by atoms with E-state index in [1.54, 1.807) is 0 Å². The Labute approximate surface area is 113 Å². The van der Waals surface area contributed by atoms with E-state index < -0.39 is 11.4 Å². The van der Waals surface area contributed by atoms with E-state index in [1.807, 2.05) is 30.3 Å². The largest absolute Gasteiger partial charge is 0.368 e. The fourth-order valence-corrected chi connectivity index (χ4v) is 3.59. The van der Waals surface area contributed by atoms with Crippen LogP contribution in [0.15, 0.2) is 30.3 Å². The molecule has 3 unspecified atom stereocenters. The highest BCUT2D eigenvalue weighted by Crippen LogP contribution is 2.38. The summed E-state index contributed by atoms with van der Waals surface area (Å²) in [4.78, 5) is 14.2. The molecule has 1 heterocycles. The number of likely N-dealkylation sites (tertiary alicyclic amines) is 1. The van der Waals surface area contributed by atoms with Gasteiger partial charge < -0.3 is 11.5 Å². The molecule has 4 nitrogen and oxygen atoms in total. The van der Waals surface area contributed by atoms with E-state index in [9.17, 15) is 4.79 Å². The molecular weight excluding hydrogens is 238 g/mol. The Morgan fingerprint density at radius 3 is 2.58 bits per heavy atom. The lowest BCUT2D eigenvalue weighted by atomic mass is 9.89. The van der Waals surface area contributed by atoms with Crippen molar-refractivity contribution in [2.45, 2.75) is 30.8 Å². The Morgan fingerprint density at radius 2 is 2.05 bits per heavy atom. The highest BCUT2D eigenvalue weighted by atomic mass is 16.1. The van der Waals surface area contributed by atoms with Crippen LogP contribution in [0.5, 0.6) is 0 Å². The van der Waals surface area contributed by atoms with Gasteiger partial charge in [0.1, 0.15) is 5.54 Å². The number of piperidine rings is 1. The molecule has 1 aromatic carbocycles. The summed E-state index contributed by atoms with van der Waals surface area (Å²) >= 11 is 0. The van der Waals surface area contributed by atoms with Gasteiger partial charge >= 0.3 is 0 Å². The number of hydrogen-bond acceptors (Lipinski definition) is 3. The molecule has 1 saturated carbocycles. The Morgan fingerprint density at radius 1 is 1.32 bits per heavy atom. The summed E-state index contributed by atoms with van der Waals surface area (Å²) in [6.45, 7) is 1.59. The highest BCUT2D eigenvalue weighted by Gasteiger charge is 2.43. The van der Waals surface area contributed by atoms with Crippen LogP contribution in [-0.4, -0.2) is 29.9 Å². The number of primary amides is 1. The predicted molar refractivity (Wildman–Crippen MR) is 74.2 cm³/mol. The smallest absolute Gasteiger partial charge is 0.243 e. The molecule has 4 N–H and O–H groups in total. The van der Waals surface area contributed by atoms with E-state index in [2.05, 4.69) is 4.90 Å². The Kier molecular flexibility index (Phi) is 3.07. The third-order valence-corrected chi connectivity index (χ3v) is 4.70. The summed E-state index contributed by atoms with van der Waals surface area (Å²) in [5.41, 5.74) is 11.7. The SMILES string of the molecule is NC(=O)C(N)(CN1CC2CCC1C2)c1ccccc1. The third-order valence-electron chi connectivity index (χ3n) is 4.70. The van der Waals surface area contributed by atoms with Crippen molar-refractivity contribution in [2.75, 3.05) is 13.1 Å². The van der Waals surface area contributed by atoms with Gasteiger partial charge in [0.15, 0.2) is 0 Å².